The molecule has 13 heavy (non-hydrogen) atoms. The normalized spacial score (nSPS) is 11.2. The molecular weight excluding hydrogens is 160 g/mol. The van der Waals surface area contributed by atoms with Crippen molar-refractivity contribution in [2.75, 3.05) is 27.7 Å². The second kappa shape index (κ2) is 5.00. The van der Waals surface area contributed by atoms with Crippen molar-refractivity contribution in [3.05, 3.63) is 35.9 Å². The van der Waals surface area contributed by atoms with Gasteiger partial charge in [-0.05, 0) is 12.0 Å². The summed E-state index contributed by atoms with van der Waals surface area (Å²) in [4.78, 5) is 0. The Morgan fingerprint density at radius 2 is 1.62 bits per heavy atom. The van der Waals surface area contributed by atoms with Crippen LogP contribution in [0, 0.1) is 0 Å². The van der Waals surface area contributed by atoms with Crippen LogP contribution in [0.3, 0.4) is 0 Å². The molecule has 0 aliphatic heterocycles. The summed E-state index contributed by atoms with van der Waals surface area (Å²) in [5.41, 5.74) is 1.40. The van der Waals surface area contributed by atoms with Gasteiger partial charge < -0.3 is 0 Å². The number of rotatable bonds is 4. The molecule has 1 rings (SSSR count). The van der Waals surface area contributed by atoms with Crippen LogP contribution in [0.5, 0.6) is 0 Å². The van der Waals surface area contributed by atoms with Crippen LogP contribution in [0.25, 0.3) is 0 Å². The van der Waals surface area contributed by atoms with Crippen LogP contribution in [0.2, 0.25) is 0 Å². The molecule has 1 aromatic rings. The molecule has 0 saturated carbocycles. The number of hydrogen-bond acceptors (Lipinski definition) is 2. The van der Waals surface area contributed by atoms with Crippen molar-refractivity contribution < 1.29 is 0 Å². The lowest BCUT2D eigenvalue weighted by molar-refractivity contribution is 0.0577. The van der Waals surface area contributed by atoms with Crippen LogP contribution >= 0.6 is 0 Å². The number of hydrogen-bond donors (Lipinski definition) is 0. The van der Waals surface area contributed by atoms with Crippen molar-refractivity contribution in [1.29, 1.82) is 0 Å². The zero-order chi connectivity index (χ0) is 9.68. The Morgan fingerprint density at radius 1 is 1.00 bits per heavy atom. The van der Waals surface area contributed by atoms with Crippen LogP contribution in [-0.4, -0.2) is 37.7 Å². The maximum Gasteiger partial charge on any atom is 0.0170 e. The van der Waals surface area contributed by atoms with Crippen LogP contribution in [0.4, 0.5) is 0 Å². The van der Waals surface area contributed by atoms with Gasteiger partial charge in [-0.2, -0.15) is 0 Å². The Bertz CT molecular complexity index is 231. The summed E-state index contributed by atoms with van der Waals surface area (Å²) in [6, 6.07) is 10.6. The average molecular weight is 178 g/mol. The molecule has 0 atom stereocenters. The topological polar surface area (TPSA) is 6.48 Å². The van der Waals surface area contributed by atoms with Gasteiger partial charge in [0.15, 0.2) is 0 Å². The molecule has 0 aliphatic carbocycles. The van der Waals surface area contributed by atoms with E-state index in [9.17, 15) is 0 Å². The predicted octanol–water partition coefficient (Wildman–Crippen LogP) is 1.64. The Labute approximate surface area is 80.7 Å². The molecule has 0 bridgehead atoms. The van der Waals surface area contributed by atoms with Gasteiger partial charge in [0.2, 0.25) is 0 Å². The van der Waals surface area contributed by atoms with Gasteiger partial charge >= 0.3 is 0 Å². The molecule has 0 aromatic heterocycles. The van der Waals surface area contributed by atoms with E-state index < -0.39 is 0 Å². The summed E-state index contributed by atoms with van der Waals surface area (Å²) in [7, 11) is 6.22. The molecule has 0 heterocycles. The third kappa shape index (κ3) is 3.57. The number of benzene rings is 1. The van der Waals surface area contributed by atoms with Crippen LogP contribution < -0.4 is 0 Å². The largest absolute Gasteiger partial charge is 0.248 e. The van der Waals surface area contributed by atoms with Gasteiger partial charge in [0.05, 0.1) is 0 Å². The smallest absolute Gasteiger partial charge is 0.0170 e. The molecule has 2 heteroatoms. The summed E-state index contributed by atoms with van der Waals surface area (Å²) in [5, 5.41) is 4.30. The minimum atomic E-state index is 1.07. The van der Waals surface area contributed by atoms with Crippen molar-refractivity contribution >= 4 is 0 Å². The van der Waals surface area contributed by atoms with E-state index in [4.69, 9.17) is 0 Å². The molecule has 0 fully saturated rings. The van der Waals surface area contributed by atoms with Crippen molar-refractivity contribution in [2.24, 2.45) is 0 Å². The Hall–Kier alpha value is -0.860. The minimum Gasteiger partial charge on any atom is -0.248 e. The highest BCUT2D eigenvalue weighted by atomic mass is 15.6. The minimum absolute atomic E-state index is 1.07. The fraction of sp³-hybridized carbons (Fsp3) is 0.455. The van der Waals surface area contributed by atoms with E-state index in [0.29, 0.717) is 0 Å². The SMILES string of the molecule is CN(C)N(C)CCc1ccccc1. The third-order valence-corrected chi connectivity index (χ3v) is 2.25. The lowest BCUT2D eigenvalue weighted by atomic mass is 10.1. The van der Waals surface area contributed by atoms with Crippen molar-refractivity contribution in [1.82, 2.24) is 10.0 Å². The lowest BCUT2D eigenvalue weighted by Gasteiger charge is -2.23. The monoisotopic (exact) mass is 178 g/mol. The van der Waals surface area contributed by atoms with Gasteiger partial charge in [0, 0.05) is 27.7 Å². The van der Waals surface area contributed by atoms with Gasteiger partial charge in [0.1, 0.15) is 0 Å². The molecule has 0 N–H and O–H groups in total. The first-order chi connectivity index (χ1) is 6.20. The molecule has 0 unspecified atom stereocenters. The third-order valence-electron chi connectivity index (χ3n) is 2.25. The van der Waals surface area contributed by atoms with Crippen molar-refractivity contribution in [3.8, 4) is 0 Å². The molecule has 1 aromatic carbocycles. The van der Waals surface area contributed by atoms with Gasteiger partial charge in [-0.3, -0.25) is 0 Å². The Kier molecular flexibility index (Phi) is 3.93. The highest BCUT2D eigenvalue weighted by Gasteiger charge is 1.99. The van der Waals surface area contributed by atoms with Crippen molar-refractivity contribution in [2.45, 2.75) is 6.42 Å². The molecule has 0 spiro atoms. The second-order valence-electron chi connectivity index (χ2n) is 3.46. The predicted molar refractivity (Wildman–Crippen MR) is 56.5 cm³/mol. The molecule has 0 radical (unpaired) electrons. The maximum absolute atomic E-state index is 2.20. The molecule has 0 amide bonds. The van der Waals surface area contributed by atoms with E-state index in [-0.39, 0.29) is 0 Å². The Balaban J connectivity index is 2.35. The summed E-state index contributed by atoms with van der Waals surface area (Å²) >= 11 is 0. The van der Waals surface area contributed by atoms with Crippen LogP contribution in [0.15, 0.2) is 30.3 Å². The maximum atomic E-state index is 2.20. The molecule has 2 nitrogen and oxygen atoms in total. The fourth-order valence-electron chi connectivity index (χ4n) is 1.14. The number of likely N-dealkylation sites (N-methyl/N-ethyl adjacent to an activating group) is 1. The summed E-state index contributed by atoms with van der Waals surface area (Å²) in [5.74, 6) is 0. The van der Waals surface area contributed by atoms with Crippen LogP contribution in [0.1, 0.15) is 5.56 Å². The first kappa shape index (κ1) is 10.2. The average Bonchev–Trinajstić information content (AvgIpc) is 2.15. The summed E-state index contributed by atoms with van der Waals surface area (Å²) < 4.78 is 0. The Morgan fingerprint density at radius 3 is 2.15 bits per heavy atom. The number of hydrazine groups is 1. The van der Waals surface area contributed by atoms with Crippen LogP contribution in [-0.2, 0) is 6.42 Å². The van der Waals surface area contributed by atoms with E-state index in [1.807, 2.05) is 0 Å². The van der Waals surface area contributed by atoms with Gasteiger partial charge in [-0.15, -0.1) is 0 Å². The van der Waals surface area contributed by atoms with E-state index >= 15 is 0 Å². The highest BCUT2D eigenvalue weighted by molar-refractivity contribution is 5.14. The highest BCUT2D eigenvalue weighted by Crippen LogP contribution is 2.00. The first-order valence-corrected chi connectivity index (χ1v) is 4.62. The molecule has 0 saturated heterocycles. The fourth-order valence-corrected chi connectivity index (χ4v) is 1.14. The quantitative estimate of drug-likeness (QED) is 0.647. The van der Waals surface area contributed by atoms with E-state index in [0.717, 1.165) is 13.0 Å². The molecular formula is C11H18N2. The summed E-state index contributed by atoms with van der Waals surface area (Å²) in [6.45, 7) is 1.07. The van der Waals surface area contributed by atoms with Gasteiger partial charge in [0.25, 0.3) is 0 Å². The lowest BCUT2D eigenvalue weighted by Crippen LogP contribution is -2.34. The van der Waals surface area contributed by atoms with Crippen molar-refractivity contribution in [3.63, 3.8) is 0 Å². The van der Waals surface area contributed by atoms with E-state index in [2.05, 4.69) is 61.5 Å². The van der Waals surface area contributed by atoms with E-state index in [1.54, 1.807) is 0 Å². The molecule has 0 aliphatic rings. The van der Waals surface area contributed by atoms with Gasteiger partial charge in [-0.25, -0.2) is 10.0 Å². The summed E-state index contributed by atoms with van der Waals surface area (Å²) in [6.07, 6.45) is 1.11. The zero-order valence-electron chi connectivity index (χ0n) is 8.70. The van der Waals surface area contributed by atoms with E-state index in [1.165, 1.54) is 5.56 Å². The number of nitrogens with zero attached hydrogens (tertiary/aromatic N) is 2. The second-order valence-corrected chi connectivity index (χ2v) is 3.46. The first-order valence-electron chi connectivity index (χ1n) is 4.62. The zero-order valence-corrected chi connectivity index (χ0v) is 8.70. The molecule has 72 valence electrons. The van der Waals surface area contributed by atoms with Gasteiger partial charge in [-0.1, -0.05) is 30.3 Å². The standard InChI is InChI=1S/C11H18N2/c1-12(2)13(3)10-9-11-7-5-4-6-8-11/h4-8H,9-10H2,1-3H3.